The van der Waals surface area contributed by atoms with Gasteiger partial charge in [-0.2, -0.15) is 0 Å². The van der Waals surface area contributed by atoms with Gasteiger partial charge in [-0.05, 0) is 37.4 Å². The van der Waals surface area contributed by atoms with E-state index in [2.05, 4.69) is 36.2 Å². The van der Waals surface area contributed by atoms with Crippen molar-refractivity contribution >= 4 is 40.6 Å². The Labute approximate surface area is 234 Å². The highest BCUT2D eigenvalue weighted by atomic mass is 16.4. The van der Waals surface area contributed by atoms with E-state index in [-0.39, 0.29) is 25.7 Å². The Morgan fingerprint density at radius 3 is 2.39 bits per heavy atom. The minimum absolute atomic E-state index is 0.00175. The number of benzene rings is 1. The van der Waals surface area contributed by atoms with E-state index in [1.165, 1.54) is 12.5 Å². The predicted octanol–water partition coefficient (Wildman–Crippen LogP) is -0.168. The van der Waals surface area contributed by atoms with Crippen LogP contribution in [-0.2, 0) is 36.8 Å². The van der Waals surface area contributed by atoms with Gasteiger partial charge in [0.15, 0.2) is 0 Å². The van der Waals surface area contributed by atoms with Crippen molar-refractivity contribution < 1.29 is 34.2 Å². The van der Waals surface area contributed by atoms with Crippen LogP contribution in [0, 0.1) is 0 Å². The summed E-state index contributed by atoms with van der Waals surface area (Å²) in [6.07, 6.45) is 5.26. The lowest BCUT2D eigenvalue weighted by atomic mass is 10.0. The Kier molecular flexibility index (Phi) is 9.68. The Hall–Kier alpha value is -4.72. The number of aromatic nitrogens is 3. The average molecular weight is 568 g/mol. The van der Waals surface area contributed by atoms with Gasteiger partial charge >= 0.3 is 11.9 Å². The second-order valence-electron chi connectivity index (χ2n) is 9.95. The van der Waals surface area contributed by atoms with Gasteiger partial charge in [-0.1, -0.05) is 18.2 Å². The molecule has 3 aromatic rings. The molecule has 1 aliphatic heterocycles. The Bertz CT molecular complexity index is 1380. The molecule has 4 atom stereocenters. The Balaban J connectivity index is 1.55. The zero-order valence-electron chi connectivity index (χ0n) is 22.2. The summed E-state index contributed by atoms with van der Waals surface area (Å²) in [7, 11) is 0. The lowest BCUT2D eigenvalue weighted by Gasteiger charge is -2.25. The van der Waals surface area contributed by atoms with Crippen molar-refractivity contribution in [2.24, 2.45) is 0 Å². The lowest BCUT2D eigenvalue weighted by Crippen LogP contribution is -2.57. The number of rotatable bonds is 14. The fraction of sp³-hybridized carbons (Fsp3) is 0.407. The zero-order valence-corrected chi connectivity index (χ0v) is 22.2. The zero-order chi connectivity index (χ0) is 29.4. The van der Waals surface area contributed by atoms with Gasteiger partial charge < -0.3 is 41.4 Å². The number of carbonyl (C=O) groups is 5. The molecule has 4 unspecified atom stereocenters. The first-order valence-corrected chi connectivity index (χ1v) is 13.3. The molecule has 0 saturated carbocycles. The minimum Gasteiger partial charge on any atom is -0.481 e. The average Bonchev–Trinajstić information content (AvgIpc) is 3.73. The molecule has 14 nitrogen and oxygen atoms in total. The summed E-state index contributed by atoms with van der Waals surface area (Å²) in [5.41, 5.74) is 2.00. The van der Waals surface area contributed by atoms with E-state index in [0.29, 0.717) is 24.2 Å². The van der Waals surface area contributed by atoms with E-state index < -0.39 is 53.8 Å². The summed E-state index contributed by atoms with van der Waals surface area (Å²) in [5.74, 6) is -4.36. The van der Waals surface area contributed by atoms with E-state index in [1.54, 1.807) is 6.20 Å². The lowest BCUT2D eigenvalue weighted by molar-refractivity contribution is -0.142. The SMILES string of the molecule is O=C(O)CCC(NC(=O)C1CCCN1)C(=O)NC(Cc1c[nH]c2ccccc12)C(=O)NC(Cc1cnc[nH]1)C(=O)O. The number of hydrogen-bond donors (Lipinski definition) is 8. The molecule has 41 heavy (non-hydrogen) atoms. The normalized spacial score (nSPS) is 16.9. The molecule has 0 radical (unpaired) electrons. The maximum atomic E-state index is 13.5. The Morgan fingerprint density at radius 1 is 0.951 bits per heavy atom. The number of aromatic amines is 2. The molecular weight excluding hydrogens is 534 g/mol. The summed E-state index contributed by atoms with van der Waals surface area (Å²) >= 11 is 0. The van der Waals surface area contributed by atoms with Crippen LogP contribution in [0.4, 0.5) is 0 Å². The maximum Gasteiger partial charge on any atom is 0.326 e. The molecule has 4 rings (SSSR count). The molecule has 0 aliphatic carbocycles. The molecule has 8 N–H and O–H groups in total. The van der Waals surface area contributed by atoms with E-state index in [1.807, 2.05) is 24.3 Å². The third-order valence-electron chi connectivity index (χ3n) is 6.98. The summed E-state index contributed by atoms with van der Waals surface area (Å²) < 4.78 is 0. The largest absolute Gasteiger partial charge is 0.481 e. The second-order valence-corrected chi connectivity index (χ2v) is 9.95. The van der Waals surface area contributed by atoms with Gasteiger partial charge in [0.1, 0.15) is 18.1 Å². The fourth-order valence-electron chi connectivity index (χ4n) is 4.81. The van der Waals surface area contributed by atoms with E-state index in [9.17, 15) is 34.2 Å². The number of H-pyrrole nitrogens is 2. The molecule has 0 spiro atoms. The van der Waals surface area contributed by atoms with Gasteiger partial charge in [0.2, 0.25) is 17.7 Å². The number of imidazole rings is 1. The molecule has 1 saturated heterocycles. The third kappa shape index (κ3) is 7.91. The van der Waals surface area contributed by atoms with E-state index >= 15 is 0 Å². The molecule has 1 aromatic carbocycles. The van der Waals surface area contributed by atoms with Gasteiger partial charge in [-0.15, -0.1) is 0 Å². The number of carbonyl (C=O) groups excluding carboxylic acids is 3. The van der Waals surface area contributed by atoms with Crippen LogP contribution in [-0.4, -0.2) is 85.5 Å². The van der Waals surface area contributed by atoms with Crippen molar-refractivity contribution in [2.75, 3.05) is 6.54 Å². The standard InChI is InChI=1S/C27H33N7O7/c35-23(36)8-7-20(32-24(37)19-6-3-9-29-19)25(38)33-21(10-15-12-30-18-5-2-1-4-17(15)18)26(39)34-22(27(40)41)11-16-13-28-14-31-16/h1-2,4-5,12-14,19-22,29-30H,3,6-11H2,(H,28,31)(H,32,37)(H,33,38)(H,34,39)(H,35,36)(H,40,41). The fourth-order valence-corrected chi connectivity index (χ4v) is 4.81. The number of nitrogens with one attached hydrogen (secondary N) is 6. The highest BCUT2D eigenvalue weighted by Crippen LogP contribution is 2.19. The summed E-state index contributed by atoms with van der Waals surface area (Å²) in [5, 5.41) is 30.5. The molecule has 218 valence electrons. The number of fused-ring (bicyclic) bond motifs is 1. The molecule has 0 bridgehead atoms. The minimum atomic E-state index is -1.32. The highest BCUT2D eigenvalue weighted by molar-refractivity contribution is 5.95. The van der Waals surface area contributed by atoms with Crippen molar-refractivity contribution in [1.29, 1.82) is 0 Å². The number of carboxylic acid groups (broad SMARTS) is 2. The Morgan fingerprint density at radius 2 is 1.71 bits per heavy atom. The number of para-hydroxylation sites is 1. The molecule has 1 fully saturated rings. The van der Waals surface area contributed by atoms with Gasteiger partial charge in [-0.3, -0.25) is 19.2 Å². The monoisotopic (exact) mass is 567 g/mol. The van der Waals surface area contributed by atoms with Crippen LogP contribution in [0.25, 0.3) is 10.9 Å². The van der Waals surface area contributed by atoms with E-state index in [0.717, 1.165) is 17.3 Å². The van der Waals surface area contributed by atoms with Crippen LogP contribution in [0.5, 0.6) is 0 Å². The van der Waals surface area contributed by atoms with Crippen molar-refractivity contribution in [2.45, 2.75) is 62.7 Å². The first-order chi connectivity index (χ1) is 19.7. The van der Waals surface area contributed by atoms with Crippen LogP contribution in [0.1, 0.15) is 36.9 Å². The smallest absolute Gasteiger partial charge is 0.326 e. The number of hydrogen-bond acceptors (Lipinski definition) is 7. The molecule has 14 heteroatoms. The van der Waals surface area contributed by atoms with Crippen LogP contribution >= 0.6 is 0 Å². The van der Waals surface area contributed by atoms with Crippen LogP contribution < -0.4 is 21.3 Å². The topological polar surface area (TPSA) is 218 Å². The quantitative estimate of drug-likeness (QED) is 0.129. The molecule has 3 amide bonds. The number of nitrogens with zero attached hydrogens (tertiary/aromatic N) is 1. The third-order valence-corrected chi connectivity index (χ3v) is 6.98. The van der Waals surface area contributed by atoms with Crippen molar-refractivity contribution in [3.8, 4) is 0 Å². The maximum absolute atomic E-state index is 13.5. The number of aliphatic carboxylic acids is 2. The van der Waals surface area contributed by atoms with Crippen LogP contribution in [0.15, 0.2) is 43.0 Å². The van der Waals surface area contributed by atoms with Gasteiger partial charge in [-0.25, -0.2) is 9.78 Å². The summed E-state index contributed by atoms with van der Waals surface area (Å²) in [4.78, 5) is 72.7. The van der Waals surface area contributed by atoms with Gasteiger partial charge in [0.25, 0.3) is 0 Å². The highest BCUT2D eigenvalue weighted by Gasteiger charge is 2.32. The van der Waals surface area contributed by atoms with Gasteiger partial charge in [0.05, 0.1) is 12.4 Å². The second kappa shape index (κ2) is 13.6. The number of amides is 3. The summed E-state index contributed by atoms with van der Waals surface area (Å²) in [6.45, 7) is 0.653. The molecule has 3 heterocycles. The predicted molar refractivity (Wildman–Crippen MR) is 146 cm³/mol. The molecule has 1 aliphatic rings. The van der Waals surface area contributed by atoms with Gasteiger partial charge in [0, 0.05) is 48.3 Å². The van der Waals surface area contributed by atoms with E-state index in [4.69, 9.17) is 0 Å². The summed E-state index contributed by atoms with van der Waals surface area (Å²) in [6, 6.07) is 3.09. The molecular formula is C27H33N7O7. The van der Waals surface area contributed by atoms with Crippen LogP contribution in [0.2, 0.25) is 0 Å². The first kappa shape index (κ1) is 29.3. The number of carboxylic acids is 2. The van der Waals surface area contributed by atoms with Crippen molar-refractivity contribution in [1.82, 2.24) is 36.2 Å². The van der Waals surface area contributed by atoms with Crippen molar-refractivity contribution in [3.05, 3.63) is 54.2 Å². The first-order valence-electron chi connectivity index (χ1n) is 13.3. The van der Waals surface area contributed by atoms with Crippen molar-refractivity contribution in [3.63, 3.8) is 0 Å². The molecule has 2 aromatic heterocycles. The van der Waals surface area contributed by atoms with Crippen LogP contribution in [0.3, 0.4) is 0 Å².